The van der Waals surface area contributed by atoms with Crippen LogP contribution >= 0.6 is 11.8 Å². The zero-order chi connectivity index (χ0) is 10.0. The highest BCUT2D eigenvalue weighted by Crippen LogP contribution is 2.65. The molecule has 5 aliphatic rings. The van der Waals surface area contributed by atoms with Crippen LogP contribution in [0.1, 0.15) is 39.0 Å². The fourth-order valence-corrected chi connectivity index (χ4v) is 6.55. The molecule has 4 bridgehead atoms. The topological polar surface area (TPSA) is 9.23 Å². The molecular formula is C13H20OS. The predicted molar refractivity (Wildman–Crippen MR) is 62.8 cm³/mol. The van der Waals surface area contributed by atoms with Gasteiger partial charge in [-0.2, -0.15) is 0 Å². The molecule has 0 radical (unpaired) electrons. The highest BCUT2D eigenvalue weighted by atomic mass is 32.2. The fraction of sp³-hybridized carbons (Fsp3) is 1.00. The van der Waals surface area contributed by atoms with Crippen molar-refractivity contribution in [3.63, 3.8) is 0 Å². The van der Waals surface area contributed by atoms with Gasteiger partial charge < -0.3 is 4.74 Å². The second kappa shape index (κ2) is 2.95. The average molecular weight is 224 g/mol. The standard InChI is InChI=1S/C13H20OS/c1-8-7-15-13(14-8)11-3-9-2-10(5-11)6-12(13)4-9/h8-12H,2-7H2,1H3/t8-,9?,10?,11?,12?,13?/m1/s1. The molecule has 0 N–H and O–H groups in total. The Kier molecular flexibility index (Phi) is 1.84. The molecule has 1 atom stereocenters. The Morgan fingerprint density at radius 2 is 1.60 bits per heavy atom. The zero-order valence-electron chi connectivity index (χ0n) is 9.45. The molecule has 2 heteroatoms. The Morgan fingerprint density at radius 3 is 2.07 bits per heavy atom. The fourth-order valence-electron chi connectivity index (χ4n) is 4.90. The second-order valence-electron chi connectivity index (χ2n) is 6.27. The van der Waals surface area contributed by atoms with Gasteiger partial charge in [-0.05, 0) is 62.7 Å². The van der Waals surface area contributed by atoms with Crippen molar-refractivity contribution in [1.29, 1.82) is 0 Å². The summed E-state index contributed by atoms with van der Waals surface area (Å²) < 4.78 is 6.39. The van der Waals surface area contributed by atoms with Crippen molar-refractivity contribution in [2.45, 2.75) is 50.1 Å². The van der Waals surface area contributed by atoms with Gasteiger partial charge in [-0.25, -0.2) is 0 Å². The summed E-state index contributed by atoms with van der Waals surface area (Å²) in [6.45, 7) is 2.26. The molecule has 15 heavy (non-hydrogen) atoms. The van der Waals surface area contributed by atoms with E-state index in [0.29, 0.717) is 6.10 Å². The van der Waals surface area contributed by atoms with Crippen molar-refractivity contribution in [3.05, 3.63) is 0 Å². The first-order valence-electron chi connectivity index (χ1n) is 6.58. The molecule has 0 amide bonds. The largest absolute Gasteiger partial charge is 0.360 e. The first-order valence-corrected chi connectivity index (χ1v) is 7.56. The van der Waals surface area contributed by atoms with Crippen molar-refractivity contribution >= 4 is 11.8 Å². The van der Waals surface area contributed by atoms with Crippen LogP contribution in [-0.4, -0.2) is 16.8 Å². The van der Waals surface area contributed by atoms with E-state index in [-0.39, 0.29) is 4.93 Å². The molecule has 0 aromatic heterocycles. The minimum atomic E-state index is 0.285. The Bertz CT molecular complexity index is 260. The van der Waals surface area contributed by atoms with E-state index >= 15 is 0 Å². The third kappa shape index (κ3) is 1.16. The first-order chi connectivity index (χ1) is 7.26. The Morgan fingerprint density at radius 1 is 1.00 bits per heavy atom. The van der Waals surface area contributed by atoms with E-state index in [1.54, 1.807) is 6.42 Å². The van der Waals surface area contributed by atoms with Gasteiger partial charge in [0.1, 0.15) is 4.93 Å². The summed E-state index contributed by atoms with van der Waals surface area (Å²) >= 11 is 2.17. The molecule has 1 aliphatic heterocycles. The molecule has 0 aromatic carbocycles. The highest BCUT2D eigenvalue weighted by molar-refractivity contribution is 8.00. The lowest BCUT2D eigenvalue weighted by molar-refractivity contribution is -0.155. The van der Waals surface area contributed by atoms with Gasteiger partial charge in [0.05, 0.1) is 6.10 Å². The van der Waals surface area contributed by atoms with Gasteiger partial charge in [0.25, 0.3) is 0 Å². The quantitative estimate of drug-likeness (QED) is 0.624. The van der Waals surface area contributed by atoms with Gasteiger partial charge in [-0.1, -0.05) is 0 Å². The number of thioether (sulfide) groups is 1. The summed E-state index contributed by atoms with van der Waals surface area (Å²) in [6.07, 6.45) is 7.97. The lowest BCUT2D eigenvalue weighted by atomic mass is 9.54. The Labute approximate surface area is 96.3 Å². The van der Waals surface area contributed by atoms with Crippen LogP contribution in [0.3, 0.4) is 0 Å². The van der Waals surface area contributed by atoms with Crippen molar-refractivity contribution < 1.29 is 4.74 Å². The van der Waals surface area contributed by atoms with Gasteiger partial charge in [-0.15, -0.1) is 11.8 Å². The lowest BCUT2D eigenvalue weighted by Crippen LogP contribution is -2.55. The number of rotatable bonds is 0. The van der Waals surface area contributed by atoms with Crippen LogP contribution in [0.25, 0.3) is 0 Å². The van der Waals surface area contributed by atoms with Crippen LogP contribution in [0.5, 0.6) is 0 Å². The SMILES string of the molecule is C[C@@H]1CSC2(O1)C1CC3CC(C1)CC2C3. The molecule has 5 fully saturated rings. The molecule has 5 rings (SSSR count). The van der Waals surface area contributed by atoms with Crippen LogP contribution < -0.4 is 0 Å². The summed E-state index contributed by atoms with van der Waals surface area (Å²) in [4.78, 5) is 0.285. The van der Waals surface area contributed by atoms with E-state index in [1.807, 2.05) is 0 Å². The van der Waals surface area contributed by atoms with Gasteiger partial charge in [0.15, 0.2) is 0 Å². The summed E-state index contributed by atoms with van der Waals surface area (Å²) in [7, 11) is 0. The molecule has 0 unspecified atom stereocenters. The van der Waals surface area contributed by atoms with Crippen LogP contribution in [0.4, 0.5) is 0 Å². The number of ether oxygens (including phenoxy) is 1. The van der Waals surface area contributed by atoms with Crippen molar-refractivity contribution in [3.8, 4) is 0 Å². The summed E-state index contributed by atoms with van der Waals surface area (Å²) in [5, 5.41) is 0. The number of hydrogen-bond acceptors (Lipinski definition) is 2. The smallest absolute Gasteiger partial charge is 0.119 e. The average Bonchev–Trinajstić information content (AvgIpc) is 2.57. The predicted octanol–water partition coefficient (Wildman–Crippen LogP) is 3.29. The highest BCUT2D eigenvalue weighted by Gasteiger charge is 2.60. The van der Waals surface area contributed by atoms with Crippen LogP contribution in [0, 0.1) is 23.7 Å². The van der Waals surface area contributed by atoms with Crippen molar-refractivity contribution in [1.82, 2.24) is 0 Å². The first kappa shape index (κ1) is 9.35. The minimum Gasteiger partial charge on any atom is -0.360 e. The van der Waals surface area contributed by atoms with Crippen LogP contribution in [0.2, 0.25) is 0 Å². The molecule has 84 valence electrons. The normalized spacial score (nSPS) is 61.8. The molecule has 1 nitrogen and oxygen atoms in total. The van der Waals surface area contributed by atoms with Gasteiger partial charge in [-0.3, -0.25) is 0 Å². The zero-order valence-corrected chi connectivity index (χ0v) is 10.3. The molecule has 4 aliphatic carbocycles. The van der Waals surface area contributed by atoms with Crippen molar-refractivity contribution in [2.24, 2.45) is 23.7 Å². The van der Waals surface area contributed by atoms with Crippen molar-refractivity contribution in [2.75, 3.05) is 5.75 Å². The van der Waals surface area contributed by atoms with E-state index in [9.17, 15) is 0 Å². The molecule has 1 saturated heterocycles. The van der Waals surface area contributed by atoms with E-state index in [4.69, 9.17) is 4.74 Å². The molecule has 4 saturated carbocycles. The summed E-state index contributed by atoms with van der Waals surface area (Å²) in [5.74, 6) is 5.19. The maximum Gasteiger partial charge on any atom is 0.119 e. The van der Waals surface area contributed by atoms with E-state index < -0.39 is 0 Å². The Hall–Kier alpha value is 0.310. The third-order valence-electron chi connectivity index (χ3n) is 5.21. The van der Waals surface area contributed by atoms with E-state index in [2.05, 4.69) is 18.7 Å². The van der Waals surface area contributed by atoms with E-state index in [0.717, 1.165) is 23.7 Å². The molecule has 1 heterocycles. The molecular weight excluding hydrogens is 204 g/mol. The molecule has 0 aromatic rings. The minimum absolute atomic E-state index is 0.285. The van der Waals surface area contributed by atoms with Crippen LogP contribution in [-0.2, 0) is 4.74 Å². The van der Waals surface area contributed by atoms with E-state index in [1.165, 1.54) is 31.4 Å². The third-order valence-corrected chi connectivity index (χ3v) is 7.06. The lowest BCUT2D eigenvalue weighted by Gasteiger charge is -2.58. The molecule has 1 spiro atoms. The maximum atomic E-state index is 6.39. The van der Waals surface area contributed by atoms with Gasteiger partial charge in [0.2, 0.25) is 0 Å². The summed E-state index contributed by atoms with van der Waals surface area (Å²) in [6, 6.07) is 0. The number of hydrogen-bond donors (Lipinski definition) is 0. The van der Waals surface area contributed by atoms with Gasteiger partial charge in [0, 0.05) is 5.75 Å². The Balaban J connectivity index is 1.70. The van der Waals surface area contributed by atoms with Crippen LogP contribution in [0.15, 0.2) is 0 Å². The monoisotopic (exact) mass is 224 g/mol. The second-order valence-corrected chi connectivity index (χ2v) is 7.53. The maximum absolute atomic E-state index is 6.39. The van der Waals surface area contributed by atoms with Gasteiger partial charge >= 0.3 is 0 Å². The summed E-state index contributed by atoms with van der Waals surface area (Å²) in [5.41, 5.74) is 0.